The maximum atomic E-state index is 8.73. The van der Waals surface area contributed by atoms with Crippen LogP contribution in [0.1, 0.15) is 18.9 Å². The monoisotopic (exact) mass is 209 g/mol. The van der Waals surface area contributed by atoms with Crippen molar-refractivity contribution < 1.29 is 4.74 Å². The van der Waals surface area contributed by atoms with Crippen molar-refractivity contribution in [2.24, 2.45) is 0 Å². The number of ether oxygens (including phenoxy) is 1. The summed E-state index contributed by atoms with van der Waals surface area (Å²) in [5.74, 6) is 0.725. The van der Waals surface area contributed by atoms with E-state index < -0.39 is 0 Å². The van der Waals surface area contributed by atoms with E-state index in [2.05, 4.69) is 6.07 Å². The van der Waals surface area contributed by atoms with Gasteiger partial charge in [0.2, 0.25) is 0 Å². The lowest BCUT2D eigenvalue weighted by Gasteiger charge is -2.12. The summed E-state index contributed by atoms with van der Waals surface area (Å²) in [5.41, 5.74) is 0.950. The highest BCUT2D eigenvalue weighted by atomic mass is 35.5. The van der Waals surface area contributed by atoms with Crippen molar-refractivity contribution in [3.63, 3.8) is 0 Å². The molecular formula is C11H12ClNO. The van der Waals surface area contributed by atoms with Crippen molar-refractivity contribution in [3.8, 4) is 11.8 Å². The fourth-order valence-electron chi connectivity index (χ4n) is 1.10. The van der Waals surface area contributed by atoms with Crippen LogP contribution in [-0.4, -0.2) is 6.10 Å². The van der Waals surface area contributed by atoms with Crippen molar-refractivity contribution in [1.82, 2.24) is 0 Å². The topological polar surface area (TPSA) is 33.0 Å². The minimum absolute atomic E-state index is 0.380. The zero-order valence-electron chi connectivity index (χ0n) is 8.25. The van der Waals surface area contributed by atoms with Crippen LogP contribution >= 0.6 is 11.6 Å². The normalized spacial score (nSPS) is 11.9. The van der Waals surface area contributed by atoms with Crippen molar-refractivity contribution in [2.45, 2.75) is 26.4 Å². The molecule has 0 bridgehead atoms. The average molecular weight is 210 g/mol. The van der Waals surface area contributed by atoms with Crippen LogP contribution in [0.4, 0.5) is 0 Å². The highest BCUT2D eigenvalue weighted by molar-refractivity contribution is 6.30. The third-order valence-corrected chi connectivity index (χ3v) is 2.16. The summed E-state index contributed by atoms with van der Waals surface area (Å²) >= 11 is 5.80. The highest BCUT2D eigenvalue weighted by Gasteiger charge is 2.07. The molecule has 0 radical (unpaired) electrons. The van der Waals surface area contributed by atoms with Gasteiger partial charge in [0, 0.05) is 5.02 Å². The van der Waals surface area contributed by atoms with Gasteiger partial charge in [-0.3, -0.25) is 0 Å². The molecule has 0 aliphatic carbocycles. The molecule has 0 saturated heterocycles. The third kappa shape index (κ3) is 2.65. The number of nitrogens with zero attached hydrogens (tertiary/aromatic N) is 1. The van der Waals surface area contributed by atoms with Crippen molar-refractivity contribution in [2.75, 3.05) is 0 Å². The second-order valence-electron chi connectivity index (χ2n) is 3.05. The molecule has 74 valence electrons. The summed E-state index contributed by atoms with van der Waals surface area (Å²) in [6.45, 7) is 3.82. The summed E-state index contributed by atoms with van der Waals surface area (Å²) in [4.78, 5) is 0. The molecule has 0 amide bonds. The van der Waals surface area contributed by atoms with Crippen LogP contribution in [-0.2, 0) is 0 Å². The summed E-state index contributed by atoms with van der Waals surface area (Å²) in [6, 6.07) is 7.45. The summed E-state index contributed by atoms with van der Waals surface area (Å²) < 4.78 is 5.48. The predicted octanol–water partition coefficient (Wildman–Crippen LogP) is 3.33. The minimum atomic E-state index is -0.380. The van der Waals surface area contributed by atoms with Crippen LogP contribution in [0.3, 0.4) is 0 Å². The van der Waals surface area contributed by atoms with Crippen LogP contribution in [0.2, 0.25) is 5.02 Å². The molecule has 1 rings (SSSR count). The number of halogens is 1. The van der Waals surface area contributed by atoms with Gasteiger partial charge in [0.15, 0.2) is 6.10 Å². The Morgan fingerprint density at radius 1 is 1.57 bits per heavy atom. The molecule has 3 heteroatoms. The molecule has 2 nitrogen and oxygen atoms in total. The Balaban J connectivity index is 2.82. The molecule has 0 saturated carbocycles. The number of benzene rings is 1. The lowest BCUT2D eigenvalue weighted by Crippen LogP contribution is -2.12. The van der Waals surface area contributed by atoms with Gasteiger partial charge in [0.05, 0.1) is 0 Å². The summed E-state index contributed by atoms with van der Waals surface area (Å²) in [6.07, 6.45) is 0.299. The zero-order chi connectivity index (χ0) is 10.6. The van der Waals surface area contributed by atoms with Crippen LogP contribution < -0.4 is 4.74 Å². The van der Waals surface area contributed by atoms with Gasteiger partial charge in [0.25, 0.3) is 0 Å². The largest absolute Gasteiger partial charge is 0.475 e. The lowest BCUT2D eigenvalue weighted by atomic mass is 10.2. The average Bonchev–Trinajstić information content (AvgIpc) is 2.17. The van der Waals surface area contributed by atoms with E-state index in [-0.39, 0.29) is 6.10 Å². The number of hydrogen-bond donors (Lipinski definition) is 0. The standard InChI is InChI=1S/C11H12ClNO/c1-3-10(7-13)14-11-5-4-9(12)6-8(11)2/h4-6,10H,3H2,1-2H3. The molecule has 1 unspecified atom stereocenters. The molecule has 0 aromatic heterocycles. The lowest BCUT2D eigenvalue weighted by molar-refractivity contribution is 0.250. The van der Waals surface area contributed by atoms with Gasteiger partial charge in [-0.05, 0) is 37.1 Å². The summed E-state index contributed by atoms with van der Waals surface area (Å²) in [7, 11) is 0. The van der Waals surface area contributed by atoms with Crippen LogP contribution in [0.15, 0.2) is 18.2 Å². The molecule has 1 aromatic carbocycles. The van der Waals surface area contributed by atoms with E-state index >= 15 is 0 Å². The molecule has 0 aliphatic heterocycles. The van der Waals surface area contributed by atoms with Gasteiger partial charge >= 0.3 is 0 Å². The molecular weight excluding hydrogens is 198 g/mol. The molecule has 0 spiro atoms. The molecule has 0 fully saturated rings. The first-order valence-electron chi connectivity index (χ1n) is 4.49. The summed E-state index contributed by atoms with van der Waals surface area (Å²) in [5, 5.41) is 9.41. The van der Waals surface area contributed by atoms with E-state index in [4.69, 9.17) is 21.6 Å². The maximum absolute atomic E-state index is 8.73. The highest BCUT2D eigenvalue weighted by Crippen LogP contribution is 2.23. The third-order valence-electron chi connectivity index (χ3n) is 1.92. The number of aryl methyl sites for hydroxylation is 1. The van der Waals surface area contributed by atoms with Gasteiger partial charge in [-0.15, -0.1) is 0 Å². The van der Waals surface area contributed by atoms with Gasteiger partial charge in [-0.1, -0.05) is 18.5 Å². The van der Waals surface area contributed by atoms with Crippen molar-refractivity contribution in [1.29, 1.82) is 5.26 Å². The smallest absolute Gasteiger partial charge is 0.184 e. The van der Waals surface area contributed by atoms with Gasteiger partial charge in [0.1, 0.15) is 11.8 Å². The minimum Gasteiger partial charge on any atom is -0.475 e. The number of hydrogen-bond acceptors (Lipinski definition) is 2. The molecule has 1 atom stereocenters. The first-order valence-corrected chi connectivity index (χ1v) is 4.87. The van der Waals surface area contributed by atoms with Gasteiger partial charge < -0.3 is 4.74 Å². The Morgan fingerprint density at radius 2 is 2.29 bits per heavy atom. The van der Waals surface area contributed by atoms with E-state index in [1.54, 1.807) is 12.1 Å². The van der Waals surface area contributed by atoms with Crippen LogP contribution in [0.25, 0.3) is 0 Å². The van der Waals surface area contributed by atoms with Gasteiger partial charge in [-0.25, -0.2) is 0 Å². The maximum Gasteiger partial charge on any atom is 0.184 e. The van der Waals surface area contributed by atoms with Crippen molar-refractivity contribution >= 4 is 11.6 Å². The van der Waals surface area contributed by atoms with Gasteiger partial charge in [-0.2, -0.15) is 5.26 Å². The quantitative estimate of drug-likeness (QED) is 0.765. The Hall–Kier alpha value is -1.20. The predicted molar refractivity (Wildman–Crippen MR) is 56.5 cm³/mol. The first kappa shape index (κ1) is 10.9. The molecule has 1 aromatic rings. The van der Waals surface area contributed by atoms with E-state index in [9.17, 15) is 0 Å². The Bertz CT molecular complexity index is 357. The van der Waals surface area contributed by atoms with E-state index in [0.29, 0.717) is 11.4 Å². The van der Waals surface area contributed by atoms with Crippen LogP contribution in [0, 0.1) is 18.3 Å². The van der Waals surface area contributed by atoms with E-state index in [0.717, 1.165) is 11.3 Å². The second kappa shape index (κ2) is 4.88. The van der Waals surface area contributed by atoms with E-state index in [1.807, 2.05) is 19.9 Å². The van der Waals surface area contributed by atoms with Crippen molar-refractivity contribution in [3.05, 3.63) is 28.8 Å². The molecule has 0 heterocycles. The fraction of sp³-hybridized carbons (Fsp3) is 0.364. The Kier molecular flexibility index (Phi) is 3.79. The zero-order valence-corrected chi connectivity index (χ0v) is 9.01. The molecule has 14 heavy (non-hydrogen) atoms. The Labute approximate surface area is 89.1 Å². The SMILES string of the molecule is CCC(C#N)Oc1ccc(Cl)cc1C. The molecule has 0 N–H and O–H groups in total. The molecule has 0 aliphatic rings. The second-order valence-corrected chi connectivity index (χ2v) is 3.49. The van der Waals surface area contributed by atoms with E-state index in [1.165, 1.54) is 0 Å². The number of nitriles is 1. The fourth-order valence-corrected chi connectivity index (χ4v) is 1.33. The number of rotatable bonds is 3. The first-order chi connectivity index (χ1) is 6.67. The van der Waals surface area contributed by atoms with Crippen LogP contribution in [0.5, 0.6) is 5.75 Å². The Morgan fingerprint density at radius 3 is 2.79 bits per heavy atom.